The zero-order valence-electron chi connectivity index (χ0n) is 22.8. The molecular weight excluding hydrogens is 557 g/mol. The number of nitrogens with zero attached hydrogens (tertiary/aromatic N) is 2. The van der Waals surface area contributed by atoms with Crippen molar-refractivity contribution in [2.24, 2.45) is 0 Å². The maximum Gasteiger partial charge on any atom is 0.264 e. The van der Waals surface area contributed by atoms with E-state index in [2.05, 4.69) is 5.32 Å². The second-order valence-electron chi connectivity index (χ2n) is 9.34. The molecule has 11 heteroatoms. The first-order chi connectivity index (χ1) is 18.9. The molecule has 8 nitrogen and oxygen atoms in total. The molecule has 0 saturated heterocycles. The van der Waals surface area contributed by atoms with Gasteiger partial charge in [0.05, 0.1) is 17.2 Å². The molecule has 3 aromatic rings. The first-order valence-electron chi connectivity index (χ1n) is 12.8. The summed E-state index contributed by atoms with van der Waals surface area (Å²) in [5.74, 6) is -1.13. The normalized spacial score (nSPS) is 12.1. The molecule has 40 heavy (non-hydrogen) atoms. The number of nitrogens with one attached hydrogen (secondary N) is 1. The molecule has 0 aliphatic heterocycles. The second kappa shape index (κ2) is 13.6. The van der Waals surface area contributed by atoms with Crippen LogP contribution in [0.1, 0.15) is 33.3 Å². The van der Waals surface area contributed by atoms with E-state index in [1.54, 1.807) is 45.0 Å². The Hall–Kier alpha value is -3.63. The molecule has 1 N–H and O–H groups in total. The van der Waals surface area contributed by atoms with Crippen LogP contribution in [0.15, 0.2) is 77.7 Å². The summed E-state index contributed by atoms with van der Waals surface area (Å²) in [6.07, 6.45) is 0. The van der Waals surface area contributed by atoms with Crippen LogP contribution in [-0.2, 0) is 26.2 Å². The van der Waals surface area contributed by atoms with E-state index in [1.807, 2.05) is 6.92 Å². The molecule has 2 amide bonds. The van der Waals surface area contributed by atoms with Gasteiger partial charge in [0.25, 0.3) is 10.0 Å². The highest BCUT2D eigenvalue weighted by Crippen LogP contribution is 2.27. The molecule has 0 aliphatic carbocycles. The van der Waals surface area contributed by atoms with Gasteiger partial charge in [-0.3, -0.25) is 13.9 Å². The number of rotatable bonds is 12. The number of amides is 2. The maximum atomic E-state index is 13.9. The molecule has 0 radical (unpaired) electrons. The Kier molecular flexibility index (Phi) is 10.5. The van der Waals surface area contributed by atoms with Crippen molar-refractivity contribution in [2.45, 2.75) is 51.2 Å². The van der Waals surface area contributed by atoms with Gasteiger partial charge in [-0.25, -0.2) is 12.8 Å². The highest BCUT2D eigenvalue weighted by atomic mass is 35.5. The van der Waals surface area contributed by atoms with Crippen LogP contribution < -0.4 is 14.4 Å². The Morgan fingerprint density at radius 3 is 2.17 bits per heavy atom. The van der Waals surface area contributed by atoms with Gasteiger partial charge in [-0.05, 0) is 87.9 Å². The topological polar surface area (TPSA) is 96.0 Å². The van der Waals surface area contributed by atoms with E-state index in [-0.39, 0.29) is 23.2 Å². The number of ether oxygens (including phenoxy) is 1. The highest BCUT2D eigenvalue weighted by molar-refractivity contribution is 7.92. The van der Waals surface area contributed by atoms with Gasteiger partial charge in [0.2, 0.25) is 11.8 Å². The first kappa shape index (κ1) is 30.9. The van der Waals surface area contributed by atoms with Crippen molar-refractivity contribution in [3.63, 3.8) is 0 Å². The quantitative estimate of drug-likeness (QED) is 0.320. The van der Waals surface area contributed by atoms with Gasteiger partial charge in [-0.2, -0.15) is 0 Å². The minimum Gasteiger partial charge on any atom is -0.494 e. The number of halogens is 2. The van der Waals surface area contributed by atoms with Crippen molar-refractivity contribution in [3.05, 3.63) is 89.2 Å². The lowest BCUT2D eigenvalue weighted by atomic mass is 10.1. The van der Waals surface area contributed by atoms with Gasteiger partial charge in [-0.1, -0.05) is 29.8 Å². The number of hydrogen-bond acceptors (Lipinski definition) is 5. The smallest absolute Gasteiger partial charge is 0.264 e. The third-order valence-corrected chi connectivity index (χ3v) is 8.17. The van der Waals surface area contributed by atoms with Gasteiger partial charge >= 0.3 is 0 Å². The molecule has 0 heterocycles. The predicted molar refractivity (Wildman–Crippen MR) is 153 cm³/mol. The van der Waals surface area contributed by atoms with Gasteiger partial charge in [0.15, 0.2) is 0 Å². The Morgan fingerprint density at radius 2 is 1.60 bits per heavy atom. The molecule has 3 rings (SSSR count). The number of hydrogen-bond donors (Lipinski definition) is 1. The molecule has 0 saturated carbocycles. The average molecular weight is 590 g/mol. The minimum absolute atomic E-state index is 0.0362. The third-order valence-electron chi connectivity index (χ3n) is 6.01. The summed E-state index contributed by atoms with van der Waals surface area (Å²) in [5, 5.41) is 3.19. The molecule has 0 fully saturated rings. The summed E-state index contributed by atoms with van der Waals surface area (Å²) >= 11 is 6.36. The fourth-order valence-electron chi connectivity index (χ4n) is 3.94. The summed E-state index contributed by atoms with van der Waals surface area (Å²) in [6.45, 7) is 6.69. The summed E-state index contributed by atoms with van der Waals surface area (Å²) in [5.41, 5.74) is 0.671. The van der Waals surface area contributed by atoms with Crippen LogP contribution in [-0.4, -0.2) is 50.4 Å². The van der Waals surface area contributed by atoms with Gasteiger partial charge in [-0.15, -0.1) is 0 Å². The Morgan fingerprint density at radius 1 is 0.975 bits per heavy atom. The van der Waals surface area contributed by atoms with Crippen LogP contribution in [0.2, 0.25) is 5.02 Å². The summed E-state index contributed by atoms with van der Waals surface area (Å²) in [7, 11) is -4.29. The van der Waals surface area contributed by atoms with E-state index in [4.69, 9.17) is 16.3 Å². The lowest BCUT2D eigenvalue weighted by Gasteiger charge is -2.32. The number of benzene rings is 3. The highest BCUT2D eigenvalue weighted by Gasteiger charge is 2.33. The molecular formula is C29H33ClFN3O5S. The van der Waals surface area contributed by atoms with E-state index < -0.39 is 40.2 Å². The Balaban J connectivity index is 2.03. The van der Waals surface area contributed by atoms with Crippen molar-refractivity contribution in [1.29, 1.82) is 0 Å². The summed E-state index contributed by atoms with van der Waals surface area (Å²) in [6, 6.07) is 16.3. The SMILES string of the molecule is CCOc1ccc(S(=O)(=O)N(CC(=O)N(Cc2ccccc2Cl)[C@@H](C)C(=O)NC(C)C)c2ccc(F)cc2)cc1. The van der Waals surface area contributed by atoms with Gasteiger partial charge in [0, 0.05) is 17.6 Å². The van der Waals surface area contributed by atoms with E-state index in [1.165, 1.54) is 41.3 Å². The zero-order valence-corrected chi connectivity index (χ0v) is 24.4. The number of anilines is 1. The van der Waals surface area contributed by atoms with E-state index in [9.17, 15) is 22.4 Å². The Bertz CT molecular complexity index is 1420. The van der Waals surface area contributed by atoms with Crippen molar-refractivity contribution >= 4 is 39.1 Å². The zero-order chi connectivity index (χ0) is 29.4. The van der Waals surface area contributed by atoms with Crippen molar-refractivity contribution in [1.82, 2.24) is 10.2 Å². The maximum absolute atomic E-state index is 13.9. The van der Waals surface area contributed by atoms with Crippen molar-refractivity contribution < 1.29 is 27.1 Å². The molecule has 0 aromatic heterocycles. The van der Waals surface area contributed by atoms with Gasteiger partial charge in [0.1, 0.15) is 24.2 Å². The first-order valence-corrected chi connectivity index (χ1v) is 14.6. The van der Waals surface area contributed by atoms with E-state index in [0.717, 1.165) is 16.4 Å². The van der Waals surface area contributed by atoms with Crippen molar-refractivity contribution in [2.75, 3.05) is 17.5 Å². The average Bonchev–Trinajstić information content (AvgIpc) is 2.91. The molecule has 0 bridgehead atoms. The lowest BCUT2D eigenvalue weighted by Crippen LogP contribution is -2.52. The monoisotopic (exact) mass is 589 g/mol. The molecule has 0 aliphatic rings. The molecule has 3 aromatic carbocycles. The van der Waals surface area contributed by atoms with Crippen LogP contribution in [0.4, 0.5) is 10.1 Å². The van der Waals surface area contributed by atoms with Crippen LogP contribution >= 0.6 is 11.6 Å². The van der Waals surface area contributed by atoms with E-state index >= 15 is 0 Å². The molecule has 214 valence electrons. The minimum atomic E-state index is -4.29. The summed E-state index contributed by atoms with van der Waals surface area (Å²) < 4.78 is 47.7. The lowest BCUT2D eigenvalue weighted by molar-refractivity contribution is -0.139. The fraction of sp³-hybridized carbons (Fsp3) is 0.310. The van der Waals surface area contributed by atoms with Crippen molar-refractivity contribution in [3.8, 4) is 5.75 Å². The van der Waals surface area contributed by atoms with Gasteiger partial charge < -0.3 is 15.0 Å². The van der Waals surface area contributed by atoms with E-state index in [0.29, 0.717) is 22.9 Å². The largest absolute Gasteiger partial charge is 0.494 e. The second-order valence-corrected chi connectivity index (χ2v) is 11.6. The van der Waals surface area contributed by atoms with Crippen LogP contribution in [0.5, 0.6) is 5.75 Å². The molecule has 0 unspecified atom stereocenters. The number of sulfonamides is 1. The van der Waals surface area contributed by atoms with Crippen LogP contribution in [0.25, 0.3) is 0 Å². The van der Waals surface area contributed by atoms with Crippen LogP contribution in [0, 0.1) is 5.82 Å². The number of carbonyl (C=O) groups excluding carboxylic acids is 2. The fourth-order valence-corrected chi connectivity index (χ4v) is 5.55. The standard InChI is InChI=1S/C29H33ClFN3O5S/c1-5-39-25-14-16-26(17-15-25)40(37,38)34(24-12-10-23(31)11-13-24)19-28(35)33(21(4)29(36)32-20(2)3)18-22-8-6-7-9-27(22)30/h6-17,20-21H,5,18-19H2,1-4H3,(H,32,36)/t21-/m0/s1. The molecule has 0 spiro atoms. The third kappa shape index (κ3) is 7.73. The van der Waals surface area contributed by atoms with Crippen LogP contribution in [0.3, 0.4) is 0 Å². The molecule has 1 atom stereocenters. The predicted octanol–water partition coefficient (Wildman–Crippen LogP) is 5.02. The number of carbonyl (C=O) groups is 2. The summed E-state index contributed by atoms with van der Waals surface area (Å²) in [4.78, 5) is 28.0. The Labute approximate surface area is 239 Å².